The molecule has 2 bridgehead atoms. The SMILES string of the molecule is CC1(C)[C@]23C[C@H](Br)[C@](C)(Cl)C[C@@H]2O[C@@]1(Br)C=C[C@]3(C)O. The number of rotatable bonds is 0. The Kier molecular flexibility index (Phi) is 3.20. The summed E-state index contributed by atoms with van der Waals surface area (Å²) in [6.07, 6.45) is 5.29. The Hall–Kier alpha value is 0.910. The van der Waals surface area contributed by atoms with Gasteiger partial charge in [0, 0.05) is 15.7 Å². The van der Waals surface area contributed by atoms with Gasteiger partial charge < -0.3 is 9.84 Å². The van der Waals surface area contributed by atoms with E-state index in [0.29, 0.717) is 0 Å². The topological polar surface area (TPSA) is 29.5 Å². The van der Waals surface area contributed by atoms with Crippen molar-refractivity contribution in [2.24, 2.45) is 10.8 Å². The van der Waals surface area contributed by atoms with Gasteiger partial charge in [0.1, 0.15) is 4.51 Å². The monoisotopic (exact) mass is 426 g/mol. The maximum atomic E-state index is 11.1. The maximum absolute atomic E-state index is 11.1. The number of halogens is 3. The second kappa shape index (κ2) is 4.05. The Bertz CT molecular complexity index is 488. The maximum Gasteiger partial charge on any atom is 0.147 e. The highest BCUT2D eigenvalue weighted by Gasteiger charge is 2.76. The van der Waals surface area contributed by atoms with Gasteiger partial charge in [0.15, 0.2) is 0 Å². The summed E-state index contributed by atoms with van der Waals surface area (Å²) < 4.78 is 5.84. The van der Waals surface area contributed by atoms with Gasteiger partial charge in [-0.2, -0.15) is 0 Å². The third-order valence-corrected chi connectivity index (χ3v) is 9.55. The minimum atomic E-state index is -0.908. The largest absolute Gasteiger partial charge is 0.385 e. The number of hydrogen-bond acceptors (Lipinski definition) is 2. The molecule has 2 aliphatic carbocycles. The van der Waals surface area contributed by atoms with E-state index >= 15 is 0 Å². The van der Waals surface area contributed by atoms with E-state index in [9.17, 15) is 5.11 Å². The zero-order valence-electron chi connectivity index (χ0n) is 12.2. The van der Waals surface area contributed by atoms with Crippen LogP contribution >= 0.6 is 43.5 Å². The van der Waals surface area contributed by atoms with E-state index in [4.69, 9.17) is 16.3 Å². The molecular weight excluding hydrogens is 407 g/mol. The second-order valence-electron chi connectivity index (χ2n) is 7.48. The molecule has 2 nitrogen and oxygen atoms in total. The summed E-state index contributed by atoms with van der Waals surface area (Å²) >= 11 is 14.2. The lowest BCUT2D eigenvalue weighted by atomic mass is 9.47. The number of ether oxygens (including phenoxy) is 1. The first-order valence-electron chi connectivity index (χ1n) is 7.02. The average Bonchev–Trinajstić information content (AvgIpc) is 2.37. The lowest BCUT2D eigenvalue weighted by Gasteiger charge is -2.59. The van der Waals surface area contributed by atoms with Gasteiger partial charge in [0.25, 0.3) is 0 Å². The first kappa shape index (κ1) is 15.8. The predicted octanol–water partition coefficient (Wildman–Crippen LogP) is 4.36. The molecule has 1 aliphatic heterocycles. The summed E-state index contributed by atoms with van der Waals surface area (Å²) in [5, 5.41) is 11.1. The zero-order valence-corrected chi connectivity index (χ0v) is 16.1. The lowest BCUT2D eigenvalue weighted by molar-refractivity contribution is -0.132. The molecule has 0 amide bonds. The third-order valence-electron chi connectivity index (χ3n) is 6.10. The summed E-state index contributed by atoms with van der Waals surface area (Å²) in [5.41, 5.74) is -1.50. The second-order valence-corrected chi connectivity index (χ2v) is 10.6. The van der Waals surface area contributed by atoms with Gasteiger partial charge in [0.05, 0.1) is 16.6 Å². The standard InChI is InChI=1S/C15H21Br2ClO2/c1-11(2)14-7-9(16)12(3,18)8-10(14)20-15(11,17)6-5-13(14,4)19/h5-6,9-10,19H,7-8H2,1-4H3/t9-,10-,12+,13-,14-,15-/m0/s1. The Balaban J connectivity index is 2.21. The molecule has 0 unspecified atom stereocenters. The van der Waals surface area contributed by atoms with Gasteiger partial charge in [-0.3, -0.25) is 0 Å². The van der Waals surface area contributed by atoms with Crippen LogP contribution in [0.2, 0.25) is 0 Å². The summed E-state index contributed by atoms with van der Waals surface area (Å²) in [7, 11) is 0. The smallest absolute Gasteiger partial charge is 0.147 e. The third kappa shape index (κ3) is 1.58. The van der Waals surface area contributed by atoms with Crippen molar-refractivity contribution in [1.29, 1.82) is 0 Å². The molecule has 1 N–H and O–H groups in total. The van der Waals surface area contributed by atoms with Gasteiger partial charge in [-0.15, -0.1) is 11.6 Å². The quantitative estimate of drug-likeness (QED) is 0.459. The number of aliphatic hydroxyl groups is 1. The van der Waals surface area contributed by atoms with E-state index in [1.807, 2.05) is 26.0 Å². The van der Waals surface area contributed by atoms with Crippen molar-refractivity contribution in [3.05, 3.63) is 12.2 Å². The first-order chi connectivity index (χ1) is 8.90. The molecule has 1 saturated carbocycles. The lowest BCUT2D eigenvalue weighted by Crippen LogP contribution is -2.65. The fourth-order valence-corrected chi connectivity index (χ4v) is 6.21. The molecule has 0 aromatic heterocycles. The van der Waals surface area contributed by atoms with Crippen LogP contribution in [0.15, 0.2) is 12.2 Å². The highest BCUT2D eigenvalue weighted by molar-refractivity contribution is 9.10. The van der Waals surface area contributed by atoms with Crippen LogP contribution in [0, 0.1) is 10.8 Å². The van der Waals surface area contributed by atoms with E-state index in [-0.39, 0.29) is 26.6 Å². The normalized spacial score (nSPS) is 60.4. The van der Waals surface area contributed by atoms with Crippen LogP contribution in [-0.4, -0.2) is 31.0 Å². The van der Waals surface area contributed by atoms with Crippen LogP contribution in [-0.2, 0) is 4.74 Å². The average molecular weight is 429 g/mol. The van der Waals surface area contributed by atoms with Crippen LogP contribution in [0.4, 0.5) is 0 Å². The van der Waals surface area contributed by atoms with E-state index < -0.39 is 10.1 Å². The Labute approximate surface area is 142 Å². The van der Waals surface area contributed by atoms with Crippen LogP contribution in [0.3, 0.4) is 0 Å². The zero-order chi connectivity index (χ0) is 15.2. The minimum absolute atomic E-state index is 0.0711. The molecule has 20 heavy (non-hydrogen) atoms. The van der Waals surface area contributed by atoms with Crippen molar-refractivity contribution in [2.75, 3.05) is 0 Å². The van der Waals surface area contributed by atoms with Crippen molar-refractivity contribution in [2.45, 2.75) is 66.5 Å². The Morgan fingerprint density at radius 2 is 1.80 bits per heavy atom. The molecule has 114 valence electrons. The summed E-state index contributed by atoms with van der Waals surface area (Å²) in [5.74, 6) is 0. The fourth-order valence-electron chi connectivity index (χ4n) is 4.58. The van der Waals surface area contributed by atoms with E-state index in [1.165, 1.54) is 0 Å². The van der Waals surface area contributed by atoms with Gasteiger partial charge in [0.2, 0.25) is 0 Å². The van der Waals surface area contributed by atoms with Crippen LogP contribution in [0.25, 0.3) is 0 Å². The van der Waals surface area contributed by atoms with Crippen molar-refractivity contribution < 1.29 is 9.84 Å². The van der Waals surface area contributed by atoms with Crippen LogP contribution in [0.5, 0.6) is 0 Å². The summed E-state index contributed by atoms with van der Waals surface area (Å²) in [4.78, 5) is -0.216. The van der Waals surface area contributed by atoms with Gasteiger partial charge in [-0.25, -0.2) is 0 Å². The molecular formula is C15H21Br2ClO2. The van der Waals surface area contributed by atoms with Gasteiger partial charge in [-0.05, 0) is 48.7 Å². The number of hydrogen-bond donors (Lipinski definition) is 1. The Morgan fingerprint density at radius 1 is 1.20 bits per heavy atom. The van der Waals surface area contributed by atoms with E-state index in [2.05, 4.69) is 45.7 Å². The highest BCUT2D eigenvalue weighted by atomic mass is 79.9. The number of alkyl halides is 3. The molecule has 2 fully saturated rings. The minimum Gasteiger partial charge on any atom is -0.385 e. The van der Waals surface area contributed by atoms with Crippen molar-refractivity contribution in [3.63, 3.8) is 0 Å². The molecule has 6 atom stereocenters. The van der Waals surface area contributed by atoms with Crippen LogP contribution < -0.4 is 0 Å². The molecule has 0 aromatic carbocycles. The van der Waals surface area contributed by atoms with Crippen molar-refractivity contribution >= 4 is 43.5 Å². The predicted molar refractivity (Wildman–Crippen MR) is 88.7 cm³/mol. The summed E-state index contributed by atoms with van der Waals surface area (Å²) in [6, 6.07) is 0. The Morgan fingerprint density at radius 3 is 2.40 bits per heavy atom. The first-order valence-corrected chi connectivity index (χ1v) is 9.11. The fraction of sp³-hybridized carbons (Fsp3) is 0.867. The van der Waals surface area contributed by atoms with Crippen LogP contribution in [0.1, 0.15) is 40.5 Å². The van der Waals surface area contributed by atoms with Crippen molar-refractivity contribution in [3.8, 4) is 0 Å². The molecule has 1 saturated heterocycles. The molecule has 3 aliphatic rings. The number of fused-ring (bicyclic) bond motifs is 1. The van der Waals surface area contributed by atoms with Gasteiger partial charge in [-0.1, -0.05) is 35.9 Å². The van der Waals surface area contributed by atoms with Gasteiger partial charge >= 0.3 is 0 Å². The highest BCUT2D eigenvalue weighted by Crippen LogP contribution is 2.73. The van der Waals surface area contributed by atoms with E-state index in [0.717, 1.165) is 12.8 Å². The molecule has 5 heteroatoms. The molecule has 1 heterocycles. The molecule has 3 rings (SSSR count). The van der Waals surface area contributed by atoms with Crippen molar-refractivity contribution in [1.82, 2.24) is 0 Å². The van der Waals surface area contributed by atoms with E-state index in [1.54, 1.807) is 0 Å². The molecule has 1 spiro atoms. The molecule has 0 radical (unpaired) electrons. The molecule has 0 aromatic rings. The summed E-state index contributed by atoms with van der Waals surface area (Å²) in [6.45, 7) is 8.30.